The molecule has 0 saturated heterocycles. The number of nitrogens with zero attached hydrogens (tertiary/aromatic N) is 3. The second kappa shape index (κ2) is 21.9. The first-order chi connectivity index (χ1) is 29.0. The number of guanidine groups is 1. The summed E-state index contributed by atoms with van der Waals surface area (Å²) in [5.41, 5.74) is 20.1. The van der Waals surface area contributed by atoms with Gasteiger partial charge in [0.2, 0.25) is 29.5 Å². The third-order valence-corrected chi connectivity index (χ3v) is 9.54. The maximum Gasteiger partial charge on any atom is 0.251 e. The number of benzene rings is 3. The Kier molecular flexibility index (Phi) is 15.9. The van der Waals surface area contributed by atoms with Crippen LogP contribution in [0.25, 0.3) is 10.9 Å². The van der Waals surface area contributed by atoms with Crippen molar-refractivity contribution >= 4 is 52.3 Å². The number of hydrogen-bond donors (Lipinski definition) is 9. The van der Waals surface area contributed by atoms with Crippen LogP contribution in [0.3, 0.4) is 0 Å². The fourth-order valence-electron chi connectivity index (χ4n) is 6.56. The number of rotatable bonds is 22. The summed E-state index contributed by atoms with van der Waals surface area (Å²) in [5, 5.41) is 11.8. The van der Waals surface area contributed by atoms with Gasteiger partial charge in [-0.15, -0.1) is 0 Å². The van der Waals surface area contributed by atoms with E-state index in [0.717, 1.165) is 16.5 Å². The molecule has 0 spiro atoms. The topological polar surface area (TPSA) is 289 Å². The zero-order valence-corrected chi connectivity index (χ0v) is 32.9. The van der Waals surface area contributed by atoms with Gasteiger partial charge in [-0.05, 0) is 48.6 Å². The maximum atomic E-state index is 14.3. The Morgan fingerprint density at radius 1 is 0.767 bits per heavy atom. The van der Waals surface area contributed by atoms with Crippen LogP contribution in [-0.4, -0.2) is 106 Å². The lowest BCUT2D eigenvalue weighted by Gasteiger charge is -2.29. The number of imidazole rings is 1. The van der Waals surface area contributed by atoms with Crippen molar-refractivity contribution in [3.63, 3.8) is 0 Å². The SMILES string of the molecule is NC(=O)CN(CCc1c[nH]c2ccccc12)C(=O)[C@H](CCCN=C(N)N)NC(=O)[C@@H](Cc1ccccc1)NC(=O)[C@H](Cc1cnc[nH]1)NC(=O)CNC(=O)c1ccccc1. The van der Waals surface area contributed by atoms with Crippen LogP contribution in [0, 0.1) is 0 Å². The monoisotopic (exact) mass is 818 g/mol. The molecule has 0 aliphatic carbocycles. The van der Waals surface area contributed by atoms with Crippen LogP contribution in [0.2, 0.25) is 0 Å². The summed E-state index contributed by atoms with van der Waals surface area (Å²) in [4.78, 5) is 96.2. The van der Waals surface area contributed by atoms with Gasteiger partial charge in [0.05, 0.1) is 19.4 Å². The summed E-state index contributed by atoms with van der Waals surface area (Å²) in [6.07, 6.45) is 5.45. The molecule has 0 fully saturated rings. The minimum absolute atomic E-state index is 0.0107. The molecule has 0 radical (unpaired) electrons. The predicted octanol–water partition coefficient (Wildman–Crippen LogP) is 0.171. The number of carbonyl (C=O) groups excluding carboxylic acids is 6. The molecule has 6 amide bonds. The van der Waals surface area contributed by atoms with Gasteiger partial charge in [0, 0.05) is 60.5 Å². The Morgan fingerprint density at radius 2 is 1.43 bits per heavy atom. The Morgan fingerprint density at radius 3 is 2.12 bits per heavy atom. The molecule has 2 aromatic heterocycles. The van der Waals surface area contributed by atoms with E-state index in [4.69, 9.17) is 17.2 Å². The standard InChI is InChI=1S/C42H50N12O6/c43-36(55)25-54(19-17-29-22-48-32-15-8-7-14-31(29)32)41(60)33(16-9-18-47-42(44)45)52-39(58)34(20-27-10-3-1-4-11-27)53-40(59)35(21-30-23-46-26-50-30)51-37(56)24-49-38(57)28-12-5-2-6-13-28/h1-8,10-15,22-23,26,33-35,48H,9,16-21,24-25H2,(H2,43,55)(H,46,50)(H,49,57)(H,51,56)(H,52,58)(H,53,59)(H4,44,45,47)/t33-,34+,35-/m0/s1. The van der Waals surface area contributed by atoms with Crippen LogP contribution in [0.5, 0.6) is 0 Å². The fraction of sp³-hybridized carbons (Fsp3) is 0.286. The van der Waals surface area contributed by atoms with E-state index in [1.165, 1.54) is 17.4 Å². The highest BCUT2D eigenvalue weighted by atomic mass is 16.2. The number of hydrogen-bond acceptors (Lipinski definition) is 8. The summed E-state index contributed by atoms with van der Waals surface area (Å²) >= 11 is 0. The van der Waals surface area contributed by atoms with Crippen molar-refractivity contribution < 1.29 is 28.8 Å². The molecular formula is C42H50N12O6. The van der Waals surface area contributed by atoms with E-state index >= 15 is 0 Å². The maximum absolute atomic E-state index is 14.3. The van der Waals surface area contributed by atoms with Gasteiger partial charge in [-0.3, -0.25) is 33.8 Å². The lowest BCUT2D eigenvalue weighted by Crippen LogP contribution is -2.58. The molecular weight excluding hydrogens is 769 g/mol. The molecule has 3 atom stereocenters. The normalized spacial score (nSPS) is 12.3. The molecule has 0 saturated carbocycles. The van der Waals surface area contributed by atoms with Gasteiger partial charge >= 0.3 is 0 Å². The number of amides is 6. The minimum atomic E-state index is -1.25. The zero-order chi connectivity index (χ0) is 42.9. The van der Waals surface area contributed by atoms with E-state index in [9.17, 15) is 28.8 Å². The Hall–Kier alpha value is -7.50. The average Bonchev–Trinajstić information content (AvgIpc) is 3.92. The van der Waals surface area contributed by atoms with Crippen molar-refractivity contribution in [2.45, 2.75) is 50.2 Å². The van der Waals surface area contributed by atoms with E-state index in [0.29, 0.717) is 23.2 Å². The van der Waals surface area contributed by atoms with E-state index in [-0.39, 0.29) is 44.7 Å². The number of nitrogens with two attached hydrogens (primary N) is 3. The number of carbonyl (C=O) groups is 6. The largest absolute Gasteiger partial charge is 0.370 e. The lowest BCUT2D eigenvalue weighted by molar-refractivity contribution is -0.139. The molecule has 2 heterocycles. The van der Waals surface area contributed by atoms with Gasteiger partial charge in [-0.25, -0.2) is 4.98 Å². The third-order valence-electron chi connectivity index (χ3n) is 9.54. The van der Waals surface area contributed by atoms with Gasteiger partial charge in [0.15, 0.2) is 5.96 Å². The lowest BCUT2D eigenvalue weighted by atomic mass is 10.0. The second-order valence-electron chi connectivity index (χ2n) is 14.0. The number of fused-ring (bicyclic) bond motifs is 1. The molecule has 0 aliphatic heterocycles. The Balaban J connectivity index is 1.36. The number of aliphatic imine (C=N–C) groups is 1. The van der Waals surface area contributed by atoms with Crippen LogP contribution >= 0.6 is 0 Å². The Labute approximate surface area is 346 Å². The summed E-state index contributed by atoms with van der Waals surface area (Å²) in [5.74, 6) is -4.01. The van der Waals surface area contributed by atoms with Crippen LogP contribution in [0.1, 0.15) is 40.0 Å². The van der Waals surface area contributed by atoms with Gasteiger partial charge in [0.25, 0.3) is 5.91 Å². The zero-order valence-electron chi connectivity index (χ0n) is 32.9. The van der Waals surface area contributed by atoms with Crippen molar-refractivity contribution in [2.24, 2.45) is 22.2 Å². The van der Waals surface area contributed by atoms with Crippen molar-refractivity contribution in [3.8, 4) is 0 Å². The first kappa shape index (κ1) is 43.6. The molecule has 5 aromatic rings. The first-order valence-electron chi connectivity index (χ1n) is 19.4. The summed E-state index contributed by atoms with van der Waals surface area (Å²) in [6, 6.07) is 21.3. The van der Waals surface area contributed by atoms with Crippen LogP contribution < -0.4 is 38.5 Å². The number of aromatic nitrogens is 3. The van der Waals surface area contributed by atoms with Crippen LogP contribution in [-0.2, 0) is 43.2 Å². The molecule has 314 valence electrons. The van der Waals surface area contributed by atoms with Crippen molar-refractivity contribution in [1.29, 1.82) is 0 Å². The summed E-state index contributed by atoms with van der Waals surface area (Å²) in [7, 11) is 0. The van der Waals surface area contributed by atoms with E-state index in [1.807, 2.05) is 30.5 Å². The molecule has 0 aliphatic rings. The third kappa shape index (κ3) is 13.3. The predicted molar refractivity (Wildman–Crippen MR) is 225 cm³/mol. The smallest absolute Gasteiger partial charge is 0.251 e. The number of H-pyrrole nitrogens is 2. The molecule has 3 aromatic carbocycles. The molecule has 0 unspecified atom stereocenters. The highest BCUT2D eigenvalue weighted by Gasteiger charge is 2.32. The molecule has 0 bridgehead atoms. The van der Waals surface area contributed by atoms with Gasteiger partial charge < -0.3 is 53.3 Å². The quantitative estimate of drug-likeness (QED) is 0.0261. The number of primary amides is 1. The number of nitrogens with one attached hydrogen (secondary N) is 6. The van der Waals surface area contributed by atoms with Gasteiger partial charge in [0.1, 0.15) is 18.1 Å². The summed E-state index contributed by atoms with van der Waals surface area (Å²) < 4.78 is 0. The van der Waals surface area contributed by atoms with Crippen LogP contribution in [0.4, 0.5) is 0 Å². The van der Waals surface area contributed by atoms with Gasteiger partial charge in [-0.1, -0.05) is 66.7 Å². The number of para-hydroxylation sites is 1. The van der Waals surface area contributed by atoms with Crippen LogP contribution in [0.15, 0.2) is 109 Å². The molecule has 60 heavy (non-hydrogen) atoms. The highest BCUT2D eigenvalue weighted by molar-refractivity contribution is 5.98. The van der Waals surface area contributed by atoms with Gasteiger partial charge in [-0.2, -0.15) is 0 Å². The summed E-state index contributed by atoms with van der Waals surface area (Å²) in [6.45, 7) is -0.584. The minimum Gasteiger partial charge on any atom is -0.370 e. The average molecular weight is 819 g/mol. The highest BCUT2D eigenvalue weighted by Crippen LogP contribution is 2.19. The Bertz CT molecular complexity index is 2240. The molecule has 12 N–H and O–H groups in total. The fourth-order valence-corrected chi connectivity index (χ4v) is 6.56. The first-order valence-corrected chi connectivity index (χ1v) is 19.4. The van der Waals surface area contributed by atoms with E-state index < -0.39 is 66.7 Å². The van der Waals surface area contributed by atoms with E-state index in [1.54, 1.807) is 60.7 Å². The molecule has 5 rings (SSSR count). The second-order valence-corrected chi connectivity index (χ2v) is 14.0. The van der Waals surface area contributed by atoms with Crippen molar-refractivity contribution in [2.75, 3.05) is 26.2 Å². The number of aromatic amines is 2. The van der Waals surface area contributed by atoms with Crippen molar-refractivity contribution in [1.82, 2.24) is 41.1 Å². The van der Waals surface area contributed by atoms with Crippen molar-refractivity contribution in [3.05, 3.63) is 126 Å². The molecule has 18 nitrogen and oxygen atoms in total. The molecule has 18 heteroatoms. The van der Waals surface area contributed by atoms with E-state index in [2.05, 4.69) is 41.2 Å².